The summed E-state index contributed by atoms with van der Waals surface area (Å²) in [5.74, 6) is -0.561. The first kappa shape index (κ1) is 90.1. The van der Waals surface area contributed by atoms with Gasteiger partial charge in [-0.25, -0.2) is 9.13 Å². The molecule has 0 rings (SSSR count). The fourth-order valence-electron chi connectivity index (χ4n) is 11.1. The second-order valence-corrected chi connectivity index (χ2v) is 30.2. The lowest BCUT2D eigenvalue weighted by Crippen LogP contribution is -2.30. The van der Waals surface area contributed by atoms with Crippen molar-refractivity contribution in [3.63, 3.8) is 0 Å². The molecule has 0 fully saturated rings. The predicted octanol–water partition coefficient (Wildman–Crippen LogP) is 21.2. The van der Waals surface area contributed by atoms with Crippen LogP contribution in [0.2, 0.25) is 0 Å². The fourth-order valence-corrected chi connectivity index (χ4v) is 12.7. The molecule has 546 valence electrons. The first-order chi connectivity index (χ1) is 44.4. The van der Waals surface area contributed by atoms with Crippen molar-refractivity contribution in [2.24, 2.45) is 11.8 Å². The van der Waals surface area contributed by atoms with Crippen LogP contribution in [0.25, 0.3) is 0 Å². The molecular weight excluding hydrogens is 1210 g/mol. The first-order valence-electron chi connectivity index (χ1n) is 38.0. The third kappa shape index (κ3) is 66.7. The van der Waals surface area contributed by atoms with E-state index in [9.17, 15) is 43.2 Å². The predicted molar refractivity (Wildman–Crippen MR) is 372 cm³/mol. The van der Waals surface area contributed by atoms with Gasteiger partial charge in [0.2, 0.25) is 0 Å². The van der Waals surface area contributed by atoms with Crippen molar-refractivity contribution in [2.75, 3.05) is 39.6 Å². The molecule has 2 unspecified atom stereocenters. The smallest absolute Gasteiger partial charge is 0.462 e. The quantitative estimate of drug-likeness (QED) is 0.0222. The van der Waals surface area contributed by atoms with Crippen molar-refractivity contribution in [3.05, 3.63) is 0 Å². The lowest BCUT2D eigenvalue weighted by Gasteiger charge is -2.21. The van der Waals surface area contributed by atoms with Gasteiger partial charge in [0, 0.05) is 25.7 Å². The van der Waals surface area contributed by atoms with Gasteiger partial charge in [0.15, 0.2) is 12.2 Å². The minimum atomic E-state index is -4.95. The summed E-state index contributed by atoms with van der Waals surface area (Å²) in [7, 11) is -9.90. The minimum absolute atomic E-state index is 0.106. The van der Waals surface area contributed by atoms with E-state index in [2.05, 4.69) is 41.5 Å². The Morgan fingerprint density at radius 3 is 0.739 bits per heavy atom. The molecule has 3 N–H and O–H groups in total. The number of phosphoric ester groups is 2. The number of aliphatic hydroxyl groups is 1. The van der Waals surface area contributed by atoms with E-state index in [-0.39, 0.29) is 25.7 Å². The third-order valence-corrected chi connectivity index (χ3v) is 18.9. The number of phosphoric acid groups is 2. The zero-order valence-electron chi connectivity index (χ0n) is 59.9. The van der Waals surface area contributed by atoms with Gasteiger partial charge in [0.05, 0.1) is 26.4 Å². The minimum Gasteiger partial charge on any atom is -0.462 e. The second-order valence-electron chi connectivity index (χ2n) is 27.3. The zero-order valence-corrected chi connectivity index (χ0v) is 61.6. The number of rotatable bonds is 72. The van der Waals surface area contributed by atoms with E-state index >= 15 is 0 Å². The van der Waals surface area contributed by atoms with Crippen molar-refractivity contribution in [1.29, 1.82) is 0 Å². The summed E-state index contributed by atoms with van der Waals surface area (Å²) in [5, 5.41) is 10.6. The van der Waals surface area contributed by atoms with Gasteiger partial charge in [0.1, 0.15) is 19.3 Å². The van der Waals surface area contributed by atoms with Crippen LogP contribution < -0.4 is 0 Å². The van der Waals surface area contributed by atoms with Crippen molar-refractivity contribution in [1.82, 2.24) is 0 Å². The maximum Gasteiger partial charge on any atom is 0.472 e. The topological polar surface area (TPSA) is 237 Å². The van der Waals surface area contributed by atoms with Gasteiger partial charge >= 0.3 is 39.5 Å². The largest absolute Gasteiger partial charge is 0.472 e. The summed E-state index contributed by atoms with van der Waals surface area (Å²) in [6.45, 7) is 9.52. The lowest BCUT2D eigenvalue weighted by atomic mass is 10.0. The zero-order chi connectivity index (χ0) is 67.9. The van der Waals surface area contributed by atoms with E-state index in [4.69, 9.17) is 37.0 Å². The first-order valence-corrected chi connectivity index (χ1v) is 41.0. The third-order valence-electron chi connectivity index (χ3n) is 17.0. The van der Waals surface area contributed by atoms with E-state index in [0.29, 0.717) is 25.7 Å². The molecule has 0 aliphatic rings. The molecule has 17 nitrogen and oxygen atoms in total. The van der Waals surface area contributed by atoms with E-state index in [1.165, 1.54) is 186 Å². The fraction of sp³-hybridized carbons (Fsp3) is 0.945. The summed E-state index contributed by atoms with van der Waals surface area (Å²) in [6.07, 6.45) is 51.7. The number of hydrogen-bond donors (Lipinski definition) is 3. The van der Waals surface area contributed by atoms with Crippen LogP contribution in [0.3, 0.4) is 0 Å². The van der Waals surface area contributed by atoms with Gasteiger partial charge in [-0.15, -0.1) is 0 Å². The van der Waals surface area contributed by atoms with Gasteiger partial charge < -0.3 is 33.8 Å². The Balaban J connectivity index is 5.15. The van der Waals surface area contributed by atoms with Crippen LogP contribution in [-0.4, -0.2) is 96.7 Å². The summed E-state index contributed by atoms with van der Waals surface area (Å²) in [5.41, 5.74) is 0. The van der Waals surface area contributed by atoms with Crippen LogP contribution in [0, 0.1) is 11.8 Å². The average molecular weight is 1350 g/mol. The van der Waals surface area contributed by atoms with Crippen molar-refractivity contribution >= 4 is 39.5 Å². The van der Waals surface area contributed by atoms with E-state index < -0.39 is 97.5 Å². The summed E-state index contributed by atoms with van der Waals surface area (Å²) < 4.78 is 68.2. The van der Waals surface area contributed by atoms with Crippen LogP contribution in [0.1, 0.15) is 375 Å². The van der Waals surface area contributed by atoms with E-state index in [1.807, 2.05) is 0 Å². The maximum atomic E-state index is 13.0. The summed E-state index contributed by atoms with van der Waals surface area (Å²) >= 11 is 0. The van der Waals surface area contributed by atoms with Gasteiger partial charge in [-0.1, -0.05) is 324 Å². The molecule has 0 saturated heterocycles. The number of unbranched alkanes of at least 4 members (excludes halogenated alkanes) is 42. The van der Waals surface area contributed by atoms with Crippen molar-refractivity contribution in [3.8, 4) is 0 Å². The highest BCUT2D eigenvalue weighted by molar-refractivity contribution is 7.47. The number of ether oxygens (including phenoxy) is 4. The molecule has 0 aliphatic carbocycles. The highest BCUT2D eigenvalue weighted by Gasteiger charge is 2.30. The van der Waals surface area contributed by atoms with Crippen LogP contribution in [0.5, 0.6) is 0 Å². The molecule has 0 saturated carbocycles. The number of aliphatic hydroxyl groups excluding tert-OH is 1. The molecule has 0 heterocycles. The number of esters is 4. The number of hydrogen-bond acceptors (Lipinski definition) is 15. The SMILES string of the molecule is CCCCCCCCCCCCCCCCCC(=O)OC[C@H](COP(=O)(O)OC[C@@H](O)COP(=O)(O)OC[C@@H](COC(=O)CCCCCCC)OC(=O)CCCCCCCCCCCCCC(C)C)OC(=O)CCCCCCCCCCCCCCCCCC(C)C. The Morgan fingerprint density at radius 2 is 0.500 bits per heavy atom. The number of carbonyl (C=O) groups excluding carboxylic acids is 4. The normalized spacial score (nSPS) is 14.1. The Morgan fingerprint density at radius 1 is 0.293 bits per heavy atom. The molecule has 0 radical (unpaired) electrons. The summed E-state index contributed by atoms with van der Waals surface area (Å²) in [4.78, 5) is 72.4. The Kier molecular flexibility index (Phi) is 63.7. The van der Waals surface area contributed by atoms with Crippen LogP contribution >= 0.6 is 15.6 Å². The molecule has 92 heavy (non-hydrogen) atoms. The van der Waals surface area contributed by atoms with Crippen LogP contribution in [-0.2, 0) is 65.4 Å². The molecule has 0 aromatic heterocycles. The van der Waals surface area contributed by atoms with Crippen molar-refractivity contribution < 1.29 is 80.2 Å². The van der Waals surface area contributed by atoms with Gasteiger partial charge in [-0.2, -0.15) is 0 Å². The lowest BCUT2D eigenvalue weighted by molar-refractivity contribution is -0.161. The Labute approximate surface area is 562 Å². The molecule has 5 atom stereocenters. The Bertz CT molecular complexity index is 1790. The van der Waals surface area contributed by atoms with E-state index in [0.717, 1.165) is 108 Å². The molecule has 0 aromatic carbocycles. The monoisotopic (exact) mass is 1350 g/mol. The Hall–Kier alpha value is -1.94. The highest BCUT2D eigenvalue weighted by atomic mass is 31.2. The van der Waals surface area contributed by atoms with Crippen molar-refractivity contribution in [2.45, 2.75) is 394 Å². The molecule has 19 heteroatoms. The summed E-state index contributed by atoms with van der Waals surface area (Å²) in [6, 6.07) is 0. The molecule has 0 aliphatic heterocycles. The van der Waals surface area contributed by atoms with Crippen LogP contribution in [0.15, 0.2) is 0 Å². The average Bonchev–Trinajstić information content (AvgIpc) is 1.57. The molecule has 0 spiro atoms. The van der Waals surface area contributed by atoms with Crippen LogP contribution in [0.4, 0.5) is 0 Å². The second kappa shape index (κ2) is 65.0. The molecule has 0 aromatic rings. The number of carbonyl (C=O) groups is 4. The standard InChI is InChI=1S/C73H142O17P2/c1-7-9-11-13-14-15-16-17-19-23-28-33-38-44-50-56-71(76)84-62-69(90-73(78)57-51-45-39-34-29-24-21-18-20-22-26-31-36-42-47-53-65(3)4)64-88-92(81,82)86-60-67(74)59-85-91(79,80)87-63-68(61-83-70(75)55-49-41-12-10-8-2)89-72(77)58-52-46-40-35-30-25-27-32-37-43-48-54-66(5)6/h65-69,74H,7-64H2,1-6H3,(H,79,80)(H,81,82)/t67-,68+,69+/m0/s1. The molecule has 0 amide bonds. The van der Waals surface area contributed by atoms with Gasteiger partial charge in [0.25, 0.3) is 0 Å². The van der Waals surface area contributed by atoms with E-state index in [1.54, 1.807) is 0 Å². The molecular formula is C73H142O17P2. The molecule has 0 bridgehead atoms. The van der Waals surface area contributed by atoms with Gasteiger partial charge in [-0.3, -0.25) is 37.3 Å². The maximum absolute atomic E-state index is 13.0. The van der Waals surface area contributed by atoms with Gasteiger partial charge in [-0.05, 0) is 37.5 Å². The highest BCUT2D eigenvalue weighted by Crippen LogP contribution is 2.45.